The standard InChI is InChI=1S/C21H18ClNO3/c1-12-20-14(10-23(11-25-20)16-6-7-16)9-17-19(24)18(26-21(12)17)8-13-2-4-15(22)5-3-13/h2-5,8-9,16H,6-7,10-11H2,1H3/b18-8-. The molecule has 26 heavy (non-hydrogen) atoms. The summed E-state index contributed by atoms with van der Waals surface area (Å²) in [7, 11) is 0. The second kappa shape index (κ2) is 5.86. The van der Waals surface area contributed by atoms with Crippen LogP contribution in [0.1, 0.15) is 39.9 Å². The molecule has 0 aromatic heterocycles. The van der Waals surface area contributed by atoms with E-state index in [1.807, 2.05) is 25.1 Å². The van der Waals surface area contributed by atoms with E-state index in [0.29, 0.717) is 34.9 Å². The Morgan fingerprint density at radius 1 is 1.19 bits per heavy atom. The largest absolute Gasteiger partial charge is 0.477 e. The zero-order valence-corrected chi connectivity index (χ0v) is 15.2. The third kappa shape index (κ3) is 2.61. The predicted octanol–water partition coefficient (Wildman–Crippen LogP) is 4.58. The van der Waals surface area contributed by atoms with Crippen molar-refractivity contribution in [1.82, 2.24) is 4.90 Å². The maximum absolute atomic E-state index is 12.9. The molecule has 5 heteroatoms. The van der Waals surface area contributed by atoms with Crippen LogP contribution in [-0.2, 0) is 6.54 Å². The summed E-state index contributed by atoms with van der Waals surface area (Å²) in [5.74, 6) is 1.74. The summed E-state index contributed by atoms with van der Waals surface area (Å²) in [6, 6.07) is 9.89. The zero-order chi connectivity index (χ0) is 17.8. The molecule has 2 heterocycles. The molecule has 0 unspecified atom stereocenters. The first-order valence-corrected chi connectivity index (χ1v) is 9.21. The highest BCUT2D eigenvalue weighted by Gasteiger charge is 2.36. The quantitative estimate of drug-likeness (QED) is 0.728. The van der Waals surface area contributed by atoms with Gasteiger partial charge >= 0.3 is 0 Å². The summed E-state index contributed by atoms with van der Waals surface area (Å²) in [4.78, 5) is 15.2. The van der Waals surface area contributed by atoms with Crippen LogP contribution in [0.2, 0.25) is 5.02 Å². The highest BCUT2D eigenvalue weighted by Crippen LogP contribution is 2.44. The molecule has 0 radical (unpaired) electrons. The third-order valence-corrected chi connectivity index (χ3v) is 5.45. The first kappa shape index (κ1) is 15.9. The molecule has 1 saturated carbocycles. The molecule has 1 aliphatic carbocycles. The lowest BCUT2D eigenvalue weighted by atomic mass is 10.00. The first-order chi connectivity index (χ1) is 12.6. The van der Waals surface area contributed by atoms with Crippen molar-refractivity contribution in [2.24, 2.45) is 0 Å². The van der Waals surface area contributed by atoms with E-state index in [1.54, 1.807) is 18.2 Å². The highest BCUT2D eigenvalue weighted by atomic mass is 35.5. The van der Waals surface area contributed by atoms with Gasteiger partial charge in [0.15, 0.2) is 5.76 Å². The molecule has 2 aromatic rings. The molecule has 1 fully saturated rings. The molecule has 0 amide bonds. The number of carbonyl (C=O) groups is 1. The van der Waals surface area contributed by atoms with Gasteiger partial charge in [0.1, 0.15) is 18.2 Å². The fourth-order valence-electron chi connectivity index (χ4n) is 3.65. The molecule has 4 nitrogen and oxygen atoms in total. The van der Waals surface area contributed by atoms with Crippen molar-refractivity contribution in [3.63, 3.8) is 0 Å². The molecular formula is C21H18ClNO3. The molecule has 0 bridgehead atoms. The lowest BCUT2D eigenvalue weighted by molar-refractivity contribution is 0.0872. The van der Waals surface area contributed by atoms with Crippen molar-refractivity contribution in [1.29, 1.82) is 0 Å². The normalized spacial score (nSPS) is 20.5. The Hall–Kier alpha value is -2.30. The van der Waals surface area contributed by atoms with E-state index in [1.165, 1.54) is 12.8 Å². The number of hydrogen-bond acceptors (Lipinski definition) is 4. The van der Waals surface area contributed by atoms with Gasteiger partial charge in [-0.05, 0) is 49.6 Å². The van der Waals surface area contributed by atoms with Gasteiger partial charge in [-0.25, -0.2) is 0 Å². The number of Topliss-reactive ketones (excluding diaryl/α,β-unsaturated/α-hetero) is 1. The topological polar surface area (TPSA) is 38.8 Å². The fourth-order valence-corrected chi connectivity index (χ4v) is 3.78. The van der Waals surface area contributed by atoms with Crippen LogP contribution in [0.5, 0.6) is 11.5 Å². The van der Waals surface area contributed by atoms with Crippen LogP contribution in [0.25, 0.3) is 6.08 Å². The van der Waals surface area contributed by atoms with Gasteiger partial charge in [-0.15, -0.1) is 0 Å². The number of nitrogens with zero attached hydrogens (tertiary/aromatic N) is 1. The number of rotatable bonds is 2. The Kier molecular flexibility index (Phi) is 3.59. The van der Waals surface area contributed by atoms with E-state index in [-0.39, 0.29) is 5.78 Å². The Morgan fingerprint density at radius 3 is 2.69 bits per heavy atom. The Balaban J connectivity index is 1.50. The van der Waals surface area contributed by atoms with E-state index in [0.717, 1.165) is 29.0 Å². The average molecular weight is 368 g/mol. The molecule has 2 aliphatic heterocycles. The van der Waals surface area contributed by atoms with Crippen LogP contribution in [-0.4, -0.2) is 23.5 Å². The van der Waals surface area contributed by atoms with Crippen LogP contribution >= 0.6 is 11.6 Å². The molecular weight excluding hydrogens is 350 g/mol. The minimum absolute atomic E-state index is 0.0793. The number of ether oxygens (including phenoxy) is 2. The van der Waals surface area contributed by atoms with Crippen LogP contribution < -0.4 is 9.47 Å². The van der Waals surface area contributed by atoms with Gasteiger partial charge in [0.2, 0.25) is 5.78 Å². The van der Waals surface area contributed by atoms with Gasteiger partial charge in [0.25, 0.3) is 0 Å². The van der Waals surface area contributed by atoms with E-state index in [4.69, 9.17) is 21.1 Å². The summed E-state index contributed by atoms with van der Waals surface area (Å²) < 4.78 is 11.9. The maximum Gasteiger partial charge on any atom is 0.231 e. The second-order valence-corrected chi connectivity index (χ2v) is 7.55. The van der Waals surface area contributed by atoms with Crippen LogP contribution in [0.3, 0.4) is 0 Å². The zero-order valence-electron chi connectivity index (χ0n) is 14.4. The van der Waals surface area contributed by atoms with Crippen molar-refractivity contribution in [3.05, 3.63) is 63.4 Å². The second-order valence-electron chi connectivity index (χ2n) is 7.11. The van der Waals surface area contributed by atoms with Gasteiger partial charge in [-0.1, -0.05) is 23.7 Å². The summed E-state index contributed by atoms with van der Waals surface area (Å²) in [6.07, 6.45) is 4.23. The number of benzene rings is 2. The van der Waals surface area contributed by atoms with Gasteiger partial charge in [-0.3, -0.25) is 9.69 Å². The third-order valence-electron chi connectivity index (χ3n) is 5.20. The monoisotopic (exact) mass is 367 g/mol. The number of halogens is 1. The summed E-state index contributed by atoms with van der Waals surface area (Å²) in [6.45, 7) is 3.40. The Labute approximate surface area is 157 Å². The van der Waals surface area contributed by atoms with E-state index < -0.39 is 0 Å². The predicted molar refractivity (Wildman–Crippen MR) is 99.6 cm³/mol. The highest BCUT2D eigenvalue weighted by molar-refractivity contribution is 6.30. The van der Waals surface area contributed by atoms with Gasteiger partial charge in [0.05, 0.1) is 5.56 Å². The summed E-state index contributed by atoms with van der Waals surface area (Å²) in [5.41, 5.74) is 3.48. The molecule has 0 spiro atoms. The van der Waals surface area contributed by atoms with Gasteiger partial charge in [0, 0.05) is 28.7 Å². The maximum atomic E-state index is 12.9. The van der Waals surface area contributed by atoms with Crippen LogP contribution in [0.15, 0.2) is 36.1 Å². The number of carbonyl (C=O) groups excluding carboxylic acids is 1. The molecule has 2 aromatic carbocycles. The number of ketones is 1. The van der Waals surface area contributed by atoms with Crippen LogP contribution in [0, 0.1) is 6.92 Å². The van der Waals surface area contributed by atoms with Crippen molar-refractivity contribution in [2.45, 2.75) is 32.4 Å². The van der Waals surface area contributed by atoms with E-state index in [2.05, 4.69) is 4.90 Å². The van der Waals surface area contributed by atoms with Crippen LogP contribution in [0.4, 0.5) is 0 Å². The molecule has 3 aliphatic rings. The Morgan fingerprint density at radius 2 is 1.96 bits per heavy atom. The number of fused-ring (bicyclic) bond motifs is 2. The summed E-state index contributed by atoms with van der Waals surface area (Å²) >= 11 is 5.93. The number of allylic oxidation sites excluding steroid dienone is 1. The van der Waals surface area contributed by atoms with Crippen molar-refractivity contribution >= 4 is 23.5 Å². The van der Waals surface area contributed by atoms with E-state index >= 15 is 0 Å². The molecule has 5 rings (SSSR count). The lowest BCUT2D eigenvalue weighted by Gasteiger charge is -2.30. The Bertz CT molecular complexity index is 945. The van der Waals surface area contributed by atoms with Crippen molar-refractivity contribution in [3.8, 4) is 11.5 Å². The smallest absolute Gasteiger partial charge is 0.231 e. The van der Waals surface area contributed by atoms with Crippen molar-refractivity contribution < 1.29 is 14.3 Å². The average Bonchev–Trinajstić information content (AvgIpc) is 3.44. The number of hydrogen-bond donors (Lipinski definition) is 0. The van der Waals surface area contributed by atoms with Gasteiger partial charge < -0.3 is 9.47 Å². The molecule has 0 atom stereocenters. The van der Waals surface area contributed by atoms with Crippen molar-refractivity contribution in [2.75, 3.05) is 6.73 Å². The molecule has 132 valence electrons. The van der Waals surface area contributed by atoms with E-state index in [9.17, 15) is 4.79 Å². The van der Waals surface area contributed by atoms with Gasteiger partial charge in [-0.2, -0.15) is 0 Å². The lowest BCUT2D eigenvalue weighted by Crippen LogP contribution is -2.34. The molecule has 0 saturated heterocycles. The SMILES string of the molecule is Cc1c2c(cc3c1O/C(=C\c1ccc(Cl)cc1)C3=O)CN(C1CC1)CO2. The minimum Gasteiger partial charge on any atom is -0.477 e. The first-order valence-electron chi connectivity index (χ1n) is 8.83. The molecule has 0 N–H and O–H groups in total. The fraction of sp³-hybridized carbons (Fsp3) is 0.286. The summed E-state index contributed by atoms with van der Waals surface area (Å²) in [5, 5.41) is 0.662. The minimum atomic E-state index is -0.0793.